The lowest BCUT2D eigenvalue weighted by molar-refractivity contribution is -0.140. The number of hydrogen-bond donors (Lipinski definition) is 4. The molecule has 1 aliphatic rings. The third-order valence-corrected chi connectivity index (χ3v) is 4.29. The van der Waals surface area contributed by atoms with E-state index in [4.69, 9.17) is 27.5 Å². The third kappa shape index (κ3) is 7.58. The molecule has 0 saturated carbocycles. The normalized spacial score (nSPS) is 15.2. The summed E-state index contributed by atoms with van der Waals surface area (Å²) in [5.74, 6) is -1.93. The summed E-state index contributed by atoms with van der Waals surface area (Å²) in [6.07, 6.45) is 1.56. The zero-order chi connectivity index (χ0) is 19.5. The van der Waals surface area contributed by atoms with Gasteiger partial charge in [0.2, 0.25) is 0 Å². The molecule has 0 aliphatic carbocycles. The maximum absolute atomic E-state index is 12.8. The van der Waals surface area contributed by atoms with Gasteiger partial charge in [0.1, 0.15) is 16.7 Å². The summed E-state index contributed by atoms with van der Waals surface area (Å²) in [7, 11) is 0. The smallest absolute Gasteiger partial charge is 0.323 e. The van der Waals surface area contributed by atoms with Crippen molar-refractivity contribution in [1.29, 1.82) is 0 Å². The van der Waals surface area contributed by atoms with Gasteiger partial charge in [0, 0.05) is 13.1 Å². The maximum Gasteiger partial charge on any atom is 0.323 e. The molecule has 1 fully saturated rings. The summed E-state index contributed by atoms with van der Waals surface area (Å²) < 4.78 is 13.0. The monoisotopic (exact) mass is 402 g/mol. The zero-order valence-electron chi connectivity index (χ0n) is 13.7. The summed E-state index contributed by atoms with van der Waals surface area (Å²) in [6.45, 7) is 0.965. The lowest BCUT2D eigenvalue weighted by Gasteiger charge is -2.10. The van der Waals surface area contributed by atoms with Gasteiger partial charge in [-0.25, -0.2) is 4.39 Å². The Balaban J connectivity index is 0.000000412. The molecule has 1 aliphatic heterocycles. The molecular weight excluding hydrogens is 383 g/mol. The van der Waals surface area contributed by atoms with Crippen LogP contribution in [0, 0.1) is 5.82 Å². The molecule has 1 aromatic carbocycles. The summed E-state index contributed by atoms with van der Waals surface area (Å²) in [4.78, 5) is 23.9. The number of rotatable bonds is 7. The minimum absolute atomic E-state index is 0.139. The number of hydrogen-bond acceptors (Lipinski definition) is 7. The van der Waals surface area contributed by atoms with Gasteiger partial charge in [-0.2, -0.15) is 0 Å². The average Bonchev–Trinajstić information content (AvgIpc) is 2.85. The molecule has 1 heterocycles. The fourth-order valence-corrected chi connectivity index (χ4v) is 3.02. The maximum atomic E-state index is 12.8. The Bertz CT molecular complexity index is 663. The van der Waals surface area contributed by atoms with E-state index in [-0.39, 0.29) is 23.4 Å². The molecule has 0 unspecified atom stereocenters. The molecule has 142 valence electrons. The van der Waals surface area contributed by atoms with Crippen molar-refractivity contribution in [1.82, 2.24) is 10.2 Å². The molecule has 1 saturated heterocycles. The lowest BCUT2D eigenvalue weighted by atomic mass is 10.2. The van der Waals surface area contributed by atoms with E-state index in [1.54, 1.807) is 6.08 Å². The van der Waals surface area contributed by atoms with Crippen LogP contribution in [0.1, 0.15) is 5.56 Å². The number of aliphatic hydroxyl groups is 2. The van der Waals surface area contributed by atoms with E-state index in [0.29, 0.717) is 23.6 Å². The Hall–Kier alpha value is -1.85. The Labute approximate surface area is 159 Å². The number of benzene rings is 1. The summed E-state index contributed by atoms with van der Waals surface area (Å²) in [6, 6.07) is 5.62. The van der Waals surface area contributed by atoms with Crippen LogP contribution in [0.5, 0.6) is 0 Å². The number of aliphatic carboxylic acids is 1. The number of carboxylic acid groups (broad SMARTS) is 1. The summed E-state index contributed by atoms with van der Waals surface area (Å²) >= 11 is 5.99. The molecule has 26 heavy (non-hydrogen) atoms. The quantitative estimate of drug-likeness (QED) is 0.299. The number of nitrogens with one attached hydrogen (secondary N) is 1. The molecule has 1 aromatic rings. The molecule has 0 radical (unpaired) electrons. The highest BCUT2D eigenvalue weighted by Gasteiger charge is 2.33. The Morgan fingerprint density at radius 1 is 1.23 bits per heavy atom. The van der Waals surface area contributed by atoms with E-state index in [1.165, 1.54) is 24.3 Å². The highest BCUT2D eigenvalue weighted by molar-refractivity contribution is 8.26. The number of thiocarbonyl (C=S) groups is 1. The fourth-order valence-electron chi connectivity index (χ4n) is 1.77. The number of carbonyl (C=O) groups excluding carboxylic acids is 1. The van der Waals surface area contributed by atoms with Crippen molar-refractivity contribution in [2.75, 3.05) is 32.8 Å². The van der Waals surface area contributed by atoms with Crippen LogP contribution in [0.4, 0.5) is 4.39 Å². The molecule has 0 atom stereocenters. The number of thioether (sulfide) groups is 1. The van der Waals surface area contributed by atoms with Crippen LogP contribution in [0.15, 0.2) is 29.2 Å². The van der Waals surface area contributed by atoms with Gasteiger partial charge in [0.25, 0.3) is 5.91 Å². The first-order chi connectivity index (χ1) is 12.4. The second-order valence-electron chi connectivity index (χ2n) is 4.91. The van der Waals surface area contributed by atoms with E-state index in [9.17, 15) is 14.0 Å². The second-order valence-corrected chi connectivity index (χ2v) is 6.59. The topological polar surface area (TPSA) is 110 Å². The molecule has 4 N–H and O–H groups in total. The number of aliphatic hydroxyl groups excluding tert-OH is 2. The van der Waals surface area contributed by atoms with Crippen molar-refractivity contribution in [3.8, 4) is 0 Å². The number of carboxylic acids is 1. The largest absolute Gasteiger partial charge is 0.480 e. The summed E-state index contributed by atoms with van der Waals surface area (Å²) in [5, 5.41) is 27.8. The van der Waals surface area contributed by atoms with Gasteiger partial charge in [-0.1, -0.05) is 36.1 Å². The highest BCUT2D eigenvalue weighted by Crippen LogP contribution is 2.32. The number of nitrogens with zero attached hydrogens (tertiary/aromatic N) is 1. The van der Waals surface area contributed by atoms with E-state index in [1.807, 2.05) is 0 Å². The Kier molecular flexibility index (Phi) is 9.99. The van der Waals surface area contributed by atoms with Crippen LogP contribution in [-0.4, -0.2) is 69.3 Å². The first-order valence-corrected chi connectivity index (χ1v) is 8.76. The van der Waals surface area contributed by atoms with Crippen molar-refractivity contribution in [2.45, 2.75) is 0 Å². The van der Waals surface area contributed by atoms with Crippen molar-refractivity contribution in [2.24, 2.45) is 0 Å². The lowest BCUT2D eigenvalue weighted by Crippen LogP contribution is -2.33. The van der Waals surface area contributed by atoms with Crippen molar-refractivity contribution >= 4 is 46.3 Å². The van der Waals surface area contributed by atoms with Crippen LogP contribution in [0.2, 0.25) is 0 Å². The Morgan fingerprint density at radius 3 is 2.31 bits per heavy atom. The minimum atomic E-state index is -1.13. The fraction of sp³-hybridized carbons (Fsp3) is 0.312. The van der Waals surface area contributed by atoms with Crippen LogP contribution in [0.25, 0.3) is 6.08 Å². The van der Waals surface area contributed by atoms with E-state index < -0.39 is 18.4 Å². The molecule has 10 heteroatoms. The molecule has 0 bridgehead atoms. The molecule has 0 aromatic heterocycles. The van der Waals surface area contributed by atoms with Gasteiger partial charge in [-0.15, -0.1) is 0 Å². The average molecular weight is 402 g/mol. The standard InChI is InChI=1S/C12H8FNO3S2.C4H11NO2/c13-8-3-1-7(2-4-8)5-9-11(17)14(6-10(15)16)12(18)19-9;6-3-1-5-2-4-7/h1-5H,6H2,(H,15,16);5-7H,1-4H2. The van der Waals surface area contributed by atoms with Crippen LogP contribution in [0.3, 0.4) is 0 Å². The van der Waals surface area contributed by atoms with Gasteiger partial charge in [-0.3, -0.25) is 14.5 Å². The number of carbonyl (C=O) groups is 2. The minimum Gasteiger partial charge on any atom is -0.480 e. The predicted octanol–water partition coefficient (Wildman–Crippen LogP) is 0.672. The van der Waals surface area contributed by atoms with Gasteiger partial charge in [-0.05, 0) is 23.8 Å². The van der Waals surface area contributed by atoms with Gasteiger partial charge in [0.05, 0.1) is 18.1 Å². The molecule has 1 amide bonds. The van der Waals surface area contributed by atoms with Crippen LogP contribution in [-0.2, 0) is 9.59 Å². The number of halogens is 1. The predicted molar refractivity (Wildman–Crippen MR) is 101 cm³/mol. The van der Waals surface area contributed by atoms with E-state index in [2.05, 4.69) is 5.32 Å². The molecule has 7 nitrogen and oxygen atoms in total. The molecule has 2 rings (SSSR count). The van der Waals surface area contributed by atoms with E-state index >= 15 is 0 Å². The highest BCUT2D eigenvalue weighted by atomic mass is 32.2. The zero-order valence-corrected chi connectivity index (χ0v) is 15.4. The van der Waals surface area contributed by atoms with Crippen LogP contribution >= 0.6 is 24.0 Å². The summed E-state index contributed by atoms with van der Waals surface area (Å²) in [5.41, 5.74) is 0.650. The first kappa shape index (κ1) is 22.2. The van der Waals surface area contributed by atoms with Gasteiger partial charge >= 0.3 is 5.97 Å². The van der Waals surface area contributed by atoms with Gasteiger partial charge < -0.3 is 20.6 Å². The van der Waals surface area contributed by atoms with E-state index in [0.717, 1.165) is 16.7 Å². The van der Waals surface area contributed by atoms with Crippen molar-refractivity contribution in [3.05, 3.63) is 40.6 Å². The molecule has 0 spiro atoms. The second kappa shape index (κ2) is 11.7. The van der Waals surface area contributed by atoms with Crippen molar-refractivity contribution in [3.63, 3.8) is 0 Å². The first-order valence-electron chi connectivity index (χ1n) is 7.54. The van der Waals surface area contributed by atoms with Crippen LogP contribution < -0.4 is 5.32 Å². The van der Waals surface area contributed by atoms with Crippen molar-refractivity contribution < 1.29 is 29.3 Å². The third-order valence-electron chi connectivity index (χ3n) is 2.91. The molecular formula is C16H19FN2O5S2. The SMILES string of the molecule is O=C(O)CN1C(=O)C(=Cc2ccc(F)cc2)SC1=S.OCCNCCO. The Morgan fingerprint density at radius 2 is 1.81 bits per heavy atom. The number of amides is 1. The van der Waals surface area contributed by atoms with Gasteiger partial charge in [0.15, 0.2) is 0 Å².